The number of hydrogen-bond acceptors (Lipinski definition) is 5. The second-order valence-electron chi connectivity index (χ2n) is 5.54. The SMILES string of the molecule is CCOc1cccc(C(=O)NC(=S)Nc2sc3c(c2C#N)CCC3)c1. The first-order chi connectivity index (χ1) is 12.1. The van der Waals surface area contributed by atoms with Gasteiger partial charge in [0.15, 0.2) is 5.11 Å². The van der Waals surface area contributed by atoms with Gasteiger partial charge < -0.3 is 10.1 Å². The number of nitrogens with one attached hydrogen (secondary N) is 2. The van der Waals surface area contributed by atoms with Crippen LogP contribution in [0.5, 0.6) is 5.75 Å². The van der Waals surface area contributed by atoms with Crippen LogP contribution in [0, 0.1) is 11.3 Å². The monoisotopic (exact) mass is 371 g/mol. The van der Waals surface area contributed by atoms with Crippen LogP contribution in [0.2, 0.25) is 0 Å². The molecular weight excluding hydrogens is 354 g/mol. The highest BCUT2D eigenvalue weighted by Gasteiger charge is 2.22. The molecule has 0 atom stereocenters. The number of nitriles is 1. The van der Waals surface area contributed by atoms with Gasteiger partial charge in [0.05, 0.1) is 12.2 Å². The minimum atomic E-state index is -0.318. The molecule has 1 amide bonds. The molecule has 0 saturated heterocycles. The van der Waals surface area contributed by atoms with E-state index in [9.17, 15) is 10.1 Å². The van der Waals surface area contributed by atoms with Crippen LogP contribution >= 0.6 is 23.6 Å². The van der Waals surface area contributed by atoms with E-state index in [-0.39, 0.29) is 11.0 Å². The fraction of sp³-hybridized carbons (Fsp3) is 0.278. The first-order valence-electron chi connectivity index (χ1n) is 8.02. The van der Waals surface area contributed by atoms with Gasteiger partial charge in [-0.25, -0.2) is 0 Å². The predicted octanol–water partition coefficient (Wildman–Crippen LogP) is 3.63. The van der Waals surface area contributed by atoms with Gasteiger partial charge in [0.1, 0.15) is 16.8 Å². The Morgan fingerprint density at radius 1 is 1.44 bits per heavy atom. The Morgan fingerprint density at radius 2 is 2.28 bits per heavy atom. The molecule has 0 radical (unpaired) electrons. The van der Waals surface area contributed by atoms with E-state index in [2.05, 4.69) is 16.7 Å². The normalized spacial score (nSPS) is 12.2. The van der Waals surface area contributed by atoms with Gasteiger partial charge in [-0.15, -0.1) is 11.3 Å². The molecule has 25 heavy (non-hydrogen) atoms. The molecule has 1 aromatic carbocycles. The Bertz CT molecular complexity index is 868. The second kappa shape index (κ2) is 7.64. The highest BCUT2D eigenvalue weighted by Crippen LogP contribution is 2.38. The van der Waals surface area contributed by atoms with Crippen LogP contribution in [0.1, 0.15) is 39.7 Å². The van der Waals surface area contributed by atoms with Crippen molar-refractivity contribution in [2.75, 3.05) is 11.9 Å². The summed E-state index contributed by atoms with van der Waals surface area (Å²) in [7, 11) is 0. The number of thiocarbonyl (C=S) groups is 1. The van der Waals surface area contributed by atoms with Crippen molar-refractivity contribution >= 4 is 39.6 Å². The van der Waals surface area contributed by atoms with Crippen molar-refractivity contribution in [3.05, 3.63) is 45.8 Å². The Kier molecular flexibility index (Phi) is 5.31. The molecule has 1 aromatic heterocycles. The van der Waals surface area contributed by atoms with Crippen LogP contribution in [0.15, 0.2) is 24.3 Å². The topological polar surface area (TPSA) is 74.2 Å². The maximum atomic E-state index is 12.3. The molecule has 0 unspecified atom stereocenters. The van der Waals surface area contributed by atoms with Crippen LogP contribution in [-0.2, 0) is 12.8 Å². The zero-order valence-electron chi connectivity index (χ0n) is 13.7. The van der Waals surface area contributed by atoms with Crippen molar-refractivity contribution in [2.24, 2.45) is 0 Å². The zero-order valence-corrected chi connectivity index (χ0v) is 15.4. The third-order valence-electron chi connectivity index (χ3n) is 3.89. The minimum absolute atomic E-state index is 0.184. The van der Waals surface area contributed by atoms with Crippen molar-refractivity contribution in [1.82, 2.24) is 5.32 Å². The summed E-state index contributed by atoms with van der Waals surface area (Å²) in [5.41, 5.74) is 2.23. The third-order valence-corrected chi connectivity index (χ3v) is 5.31. The van der Waals surface area contributed by atoms with Crippen molar-refractivity contribution in [2.45, 2.75) is 26.2 Å². The summed E-state index contributed by atoms with van der Waals surface area (Å²) in [6.07, 6.45) is 3.02. The minimum Gasteiger partial charge on any atom is -0.494 e. The summed E-state index contributed by atoms with van der Waals surface area (Å²) < 4.78 is 5.40. The Balaban J connectivity index is 1.68. The number of benzene rings is 1. The predicted molar refractivity (Wildman–Crippen MR) is 102 cm³/mol. The standard InChI is InChI=1S/C18H17N3O2S2/c1-2-23-12-6-3-5-11(9-12)16(22)20-18(24)21-17-14(10-19)13-7-4-8-15(13)25-17/h3,5-6,9H,2,4,7-8H2,1H3,(H2,20,21,22,24). The summed E-state index contributed by atoms with van der Waals surface area (Å²) in [6.45, 7) is 2.42. The number of carbonyl (C=O) groups excluding carboxylic acids is 1. The zero-order chi connectivity index (χ0) is 17.8. The van der Waals surface area contributed by atoms with E-state index < -0.39 is 0 Å². The lowest BCUT2D eigenvalue weighted by molar-refractivity contribution is 0.0977. The maximum absolute atomic E-state index is 12.3. The number of aryl methyl sites for hydroxylation is 1. The van der Waals surface area contributed by atoms with Crippen molar-refractivity contribution < 1.29 is 9.53 Å². The second-order valence-corrected chi connectivity index (χ2v) is 7.06. The lowest BCUT2D eigenvalue weighted by Crippen LogP contribution is -2.34. The first kappa shape index (κ1) is 17.4. The largest absolute Gasteiger partial charge is 0.494 e. The van der Waals surface area contributed by atoms with E-state index in [4.69, 9.17) is 17.0 Å². The number of nitrogens with zero attached hydrogens (tertiary/aromatic N) is 1. The van der Waals surface area contributed by atoms with Gasteiger partial charge in [-0.2, -0.15) is 5.26 Å². The molecule has 1 heterocycles. The van der Waals surface area contributed by atoms with Crippen molar-refractivity contribution in [3.63, 3.8) is 0 Å². The molecule has 0 saturated carbocycles. The lowest BCUT2D eigenvalue weighted by Gasteiger charge is -2.10. The van der Waals surface area contributed by atoms with Crippen LogP contribution in [0.25, 0.3) is 0 Å². The number of ether oxygens (including phenoxy) is 1. The Hall–Kier alpha value is -2.43. The first-order valence-corrected chi connectivity index (χ1v) is 9.24. The van der Waals surface area contributed by atoms with E-state index in [0.29, 0.717) is 28.5 Å². The third kappa shape index (κ3) is 3.81. The van der Waals surface area contributed by atoms with E-state index in [1.807, 2.05) is 6.92 Å². The molecular formula is C18H17N3O2S2. The van der Waals surface area contributed by atoms with Gasteiger partial charge in [0.2, 0.25) is 0 Å². The molecule has 7 heteroatoms. The summed E-state index contributed by atoms with van der Waals surface area (Å²) in [6, 6.07) is 9.16. The average molecular weight is 371 g/mol. The van der Waals surface area contributed by atoms with Gasteiger partial charge in [-0.05, 0) is 62.2 Å². The molecule has 0 bridgehead atoms. The number of fused-ring (bicyclic) bond motifs is 1. The molecule has 5 nitrogen and oxygen atoms in total. The molecule has 1 aliphatic carbocycles. The molecule has 2 N–H and O–H groups in total. The molecule has 1 aliphatic rings. The number of hydrogen-bond donors (Lipinski definition) is 2. The lowest BCUT2D eigenvalue weighted by atomic mass is 10.1. The highest BCUT2D eigenvalue weighted by atomic mass is 32.1. The number of anilines is 1. The summed E-state index contributed by atoms with van der Waals surface area (Å²) in [4.78, 5) is 13.6. The Labute approximate surface area is 155 Å². The highest BCUT2D eigenvalue weighted by molar-refractivity contribution is 7.80. The van der Waals surface area contributed by atoms with E-state index >= 15 is 0 Å². The van der Waals surface area contributed by atoms with Crippen LogP contribution in [-0.4, -0.2) is 17.6 Å². The molecule has 3 rings (SSSR count). The Morgan fingerprint density at radius 3 is 3.04 bits per heavy atom. The maximum Gasteiger partial charge on any atom is 0.257 e. The summed E-state index contributed by atoms with van der Waals surface area (Å²) in [5.74, 6) is 0.317. The fourth-order valence-electron chi connectivity index (χ4n) is 2.81. The summed E-state index contributed by atoms with van der Waals surface area (Å²) >= 11 is 6.77. The van der Waals surface area contributed by atoms with Gasteiger partial charge in [0, 0.05) is 10.4 Å². The van der Waals surface area contributed by atoms with Gasteiger partial charge in [-0.1, -0.05) is 6.07 Å². The van der Waals surface area contributed by atoms with Gasteiger partial charge in [0.25, 0.3) is 5.91 Å². The molecule has 2 aromatic rings. The smallest absolute Gasteiger partial charge is 0.257 e. The van der Waals surface area contributed by atoms with E-state index in [1.165, 1.54) is 4.88 Å². The number of thiophene rings is 1. The van der Waals surface area contributed by atoms with Crippen molar-refractivity contribution in [1.29, 1.82) is 5.26 Å². The van der Waals surface area contributed by atoms with Gasteiger partial charge in [-0.3, -0.25) is 10.1 Å². The fourth-order valence-corrected chi connectivity index (χ4v) is 4.32. The number of carbonyl (C=O) groups is 1. The molecule has 0 aliphatic heterocycles. The quantitative estimate of drug-likeness (QED) is 0.803. The molecule has 0 fully saturated rings. The van der Waals surface area contributed by atoms with Crippen LogP contribution in [0.3, 0.4) is 0 Å². The van der Waals surface area contributed by atoms with Gasteiger partial charge >= 0.3 is 0 Å². The number of amides is 1. The number of rotatable bonds is 4. The van der Waals surface area contributed by atoms with E-state index in [1.54, 1.807) is 35.6 Å². The van der Waals surface area contributed by atoms with Crippen LogP contribution in [0.4, 0.5) is 5.00 Å². The molecule has 0 spiro atoms. The van der Waals surface area contributed by atoms with Crippen LogP contribution < -0.4 is 15.4 Å². The van der Waals surface area contributed by atoms with Crippen molar-refractivity contribution in [3.8, 4) is 11.8 Å². The molecule has 128 valence electrons. The van der Waals surface area contributed by atoms with E-state index in [0.717, 1.165) is 24.8 Å². The summed E-state index contributed by atoms with van der Waals surface area (Å²) in [5, 5.41) is 15.9. The average Bonchev–Trinajstić information content (AvgIpc) is 3.15.